The molecule has 1 rings (SSSR count). The van der Waals surface area contributed by atoms with Crippen molar-refractivity contribution in [3.63, 3.8) is 0 Å². The van der Waals surface area contributed by atoms with Crippen molar-refractivity contribution in [1.82, 2.24) is 4.31 Å². The van der Waals surface area contributed by atoms with Gasteiger partial charge in [0.2, 0.25) is 10.0 Å². The van der Waals surface area contributed by atoms with Gasteiger partial charge in [-0.1, -0.05) is 32.6 Å². The van der Waals surface area contributed by atoms with Crippen molar-refractivity contribution in [2.75, 3.05) is 19.4 Å². The molecule has 0 saturated heterocycles. The summed E-state index contributed by atoms with van der Waals surface area (Å²) in [5.74, 6) is 5.50. The van der Waals surface area contributed by atoms with E-state index in [9.17, 15) is 8.42 Å². The van der Waals surface area contributed by atoms with Gasteiger partial charge in [0.15, 0.2) is 0 Å². The molecule has 0 unspecified atom stereocenters. The Morgan fingerprint density at radius 3 is 2.60 bits per heavy atom. The molecule has 0 atom stereocenters. The summed E-state index contributed by atoms with van der Waals surface area (Å²) in [7, 11) is -1.66. The van der Waals surface area contributed by atoms with Crippen LogP contribution in [0.15, 0.2) is 11.4 Å². The van der Waals surface area contributed by atoms with Crippen LogP contribution >= 0.6 is 11.3 Å². The van der Waals surface area contributed by atoms with Gasteiger partial charge in [-0.3, -0.25) is 0 Å². The monoisotopic (exact) mass is 315 g/mol. The molecule has 0 spiro atoms. The minimum Gasteiger partial charge on any atom is -0.384 e. The molecular weight excluding hydrogens is 294 g/mol. The fourth-order valence-electron chi connectivity index (χ4n) is 1.65. The van der Waals surface area contributed by atoms with Crippen molar-refractivity contribution < 1.29 is 13.5 Å². The zero-order valence-electron chi connectivity index (χ0n) is 12.3. The quantitative estimate of drug-likeness (QED) is 0.863. The Morgan fingerprint density at radius 1 is 1.40 bits per heavy atom. The first-order valence-corrected chi connectivity index (χ1v) is 8.74. The van der Waals surface area contributed by atoms with Gasteiger partial charge in [0.1, 0.15) is 6.61 Å². The lowest BCUT2D eigenvalue weighted by molar-refractivity contribution is 0.350. The van der Waals surface area contributed by atoms with E-state index in [0.717, 1.165) is 10.4 Å². The van der Waals surface area contributed by atoms with Crippen LogP contribution in [0.25, 0.3) is 0 Å². The molecule has 0 fully saturated rings. The largest absolute Gasteiger partial charge is 0.384 e. The van der Waals surface area contributed by atoms with E-state index in [1.807, 2.05) is 32.2 Å². The number of aliphatic hydroxyl groups excluding tert-OH is 1. The van der Waals surface area contributed by atoms with Crippen LogP contribution in [0.2, 0.25) is 0 Å². The fourth-order valence-corrected chi connectivity index (χ4v) is 4.25. The Kier molecular flexibility index (Phi) is 5.78. The number of hydrogen-bond donors (Lipinski definition) is 1. The van der Waals surface area contributed by atoms with Crippen molar-refractivity contribution >= 4 is 21.4 Å². The van der Waals surface area contributed by atoms with E-state index < -0.39 is 10.0 Å². The first kappa shape index (κ1) is 17.2. The second-order valence-electron chi connectivity index (χ2n) is 5.83. The Morgan fingerprint density at radius 2 is 2.05 bits per heavy atom. The van der Waals surface area contributed by atoms with E-state index in [1.54, 1.807) is 7.05 Å². The summed E-state index contributed by atoms with van der Waals surface area (Å²) in [4.78, 5) is 0.937. The third kappa shape index (κ3) is 5.63. The highest BCUT2D eigenvalue weighted by Crippen LogP contribution is 2.21. The van der Waals surface area contributed by atoms with Crippen LogP contribution in [-0.4, -0.2) is 37.2 Å². The number of hydrogen-bond acceptors (Lipinski definition) is 4. The van der Waals surface area contributed by atoms with Gasteiger partial charge in [0.05, 0.1) is 5.75 Å². The smallest absolute Gasteiger partial charge is 0.214 e. The van der Waals surface area contributed by atoms with E-state index >= 15 is 0 Å². The van der Waals surface area contributed by atoms with Gasteiger partial charge in [-0.25, -0.2) is 8.42 Å². The molecular formula is C14H21NO3S2. The van der Waals surface area contributed by atoms with Crippen LogP contribution in [0.4, 0.5) is 0 Å². The Bertz CT molecular complexity index is 600. The summed E-state index contributed by atoms with van der Waals surface area (Å²) in [6.07, 6.45) is 0. The Balaban J connectivity index is 2.75. The van der Waals surface area contributed by atoms with Crippen molar-refractivity contribution in [3.8, 4) is 11.8 Å². The first-order chi connectivity index (χ1) is 9.14. The molecule has 1 aromatic rings. The third-order valence-electron chi connectivity index (χ3n) is 2.43. The van der Waals surface area contributed by atoms with E-state index in [-0.39, 0.29) is 17.8 Å². The molecule has 20 heavy (non-hydrogen) atoms. The summed E-state index contributed by atoms with van der Waals surface area (Å²) >= 11 is 1.47. The van der Waals surface area contributed by atoms with Gasteiger partial charge < -0.3 is 5.11 Å². The van der Waals surface area contributed by atoms with E-state index in [0.29, 0.717) is 6.54 Å². The highest BCUT2D eigenvalue weighted by atomic mass is 32.2. The predicted octanol–water partition coefficient (Wildman–Crippen LogP) is 1.90. The van der Waals surface area contributed by atoms with Crippen LogP contribution in [-0.2, 0) is 16.6 Å². The molecule has 0 aliphatic carbocycles. The van der Waals surface area contributed by atoms with Crippen molar-refractivity contribution in [3.05, 3.63) is 21.9 Å². The first-order valence-electron chi connectivity index (χ1n) is 6.25. The van der Waals surface area contributed by atoms with Gasteiger partial charge in [0, 0.05) is 29.4 Å². The lowest BCUT2D eigenvalue weighted by atomic mass is 10.0. The Hall–Kier alpha value is -0.870. The number of thiophene rings is 1. The van der Waals surface area contributed by atoms with Gasteiger partial charge in [0.25, 0.3) is 0 Å². The summed E-state index contributed by atoms with van der Waals surface area (Å²) < 4.78 is 25.8. The molecule has 4 nitrogen and oxygen atoms in total. The second kappa shape index (κ2) is 6.72. The molecule has 0 amide bonds. The zero-order chi connectivity index (χ0) is 15.4. The summed E-state index contributed by atoms with van der Waals surface area (Å²) in [5, 5.41) is 10.5. The molecule has 0 aromatic carbocycles. The highest BCUT2D eigenvalue weighted by molar-refractivity contribution is 7.89. The second-order valence-corrected chi connectivity index (χ2v) is 8.91. The van der Waals surface area contributed by atoms with Crippen molar-refractivity contribution in [1.29, 1.82) is 0 Å². The van der Waals surface area contributed by atoms with Gasteiger partial charge in [-0.2, -0.15) is 4.31 Å². The number of sulfonamides is 1. The number of aliphatic hydroxyl groups is 1. The van der Waals surface area contributed by atoms with E-state index in [1.165, 1.54) is 15.6 Å². The molecule has 0 bridgehead atoms. The lowest BCUT2D eigenvalue weighted by Crippen LogP contribution is -2.33. The molecule has 1 heterocycles. The topological polar surface area (TPSA) is 57.6 Å². The molecule has 112 valence electrons. The molecule has 6 heteroatoms. The molecule has 1 aromatic heterocycles. The van der Waals surface area contributed by atoms with E-state index in [2.05, 4.69) is 11.8 Å². The standard InChI is InChI=1S/C14H21NO3S2/c1-14(2,3)11-20(17,18)15(4)9-13-8-12(10-19-13)6-5-7-16/h8,10,16H,7,9,11H2,1-4H3. The van der Waals surface area contributed by atoms with Crippen LogP contribution in [0.3, 0.4) is 0 Å². The van der Waals surface area contributed by atoms with Crippen LogP contribution in [0.1, 0.15) is 31.2 Å². The molecule has 0 radical (unpaired) electrons. The van der Waals surface area contributed by atoms with Crippen LogP contribution < -0.4 is 0 Å². The van der Waals surface area contributed by atoms with E-state index in [4.69, 9.17) is 5.11 Å². The summed E-state index contributed by atoms with van der Waals surface area (Å²) in [6, 6.07) is 1.86. The average Bonchev–Trinajstić information content (AvgIpc) is 2.70. The maximum absolute atomic E-state index is 12.2. The summed E-state index contributed by atoms with van der Waals surface area (Å²) in [6.45, 7) is 5.90. The normalized spacial score (nSPS) is 12.3. The fraction of sp³-hybridized carbons (Fsp3) is 0.571. The minimum atomic E-state index is -3.26. The number of nitrogens with zero attached hydrogens (tertiary/aromatic N) is 1. The third-order valence-corrected chi connectivity index (χ3v) is 5.67. The van der Waals surface area contributed by atoms with Crippen LogP contribution in [0.5, 0.6) is 0 Å². The predicted molar refractivity (Wildman–Crippen MR) is 83.0 cm³/mol. The minimum absolute atomic E-state index is 0.124. The maximum atomic E-state index is 12.2. The molecule has 0 aliphatic heterocycles. The number of rotatable bonds is 4. The van der Waals surface area contributed by atoms with Crippen LogP contribution in [0, 0.1) is 17.3 Å². The molecule has 0 saturated carbocycles. The SMILES string of the molecule is CN(Cc1cc(C#CCO)cs1)S(=O)(=O)CC(C)(C)C. The van der Waals surface area contributed by atoms with Gasteiger partial charge in [-0.15, -0.1) is 11.3 Å². The Labute approximate surface area is 125 Å². The molecule has 0 aliphatic rings. The average molecular weight is 315 g/mol. The lowest BCUT2D eigenvalue weighted by Gasteiger charge is -2.23. The molecule has 1 N–H and O–H groups in total. The zero-order valence-corrected chi connectivity index (χ0v) is 13.9. The van der Waals surface area contributed by atoms with Gasteiger partial charge >= 0.3 is 0 Å². The van der Waals surface area contributed by atoms with Crippen molar-refractivity contribution in [2.24, 2.45) is 5.41 Å². The van der Waals surface area contributed by atoms with Crippen molar-refractivity contribution in [2.45, 2.75) is 27.3 Å². The van der Waals surface area contributed by atoms with Gasteiger partial charge in [-0.05, 0) is 11.5 Å². The summed E-state index contributed by atoms with van der Waals surface area (Å²) in [5.41, 5.74) is 0.543. The highest BCUT2D eigenvalue weighted by Gasteiger charge is 2.25. The maximum Gasteiger partial charge on any atom is 0.214 e.